The van der Waals surface area contributed by atoms with Crippen LogP contribution in [0.25, 0.3) is 0 Å². The minimum Gasteiger partial charge on any atom is -0.501 e. The van der Waals surface area contributed by atoms with Crippen LogP contribution in [0.5, 0.6) is 5.75 Å². The Morgan fingerprint density at radius 3 is 2.38 bits per heavy atom. The van der Waals surface area contributed by atoms with Crippen molar-refractivity contribution in [2.45, 2.75) is 12.3 Å². The minimum atomic E-state index is -1.31. The van der Waals surface area contributed by atoms with Gasteiger partial charge in [-0.05, 0) is 29.7 Å². The zero-order valence-electron chi connectivity index (χ0n) is 14.0. The topological polar surface area (TPSA) is 61.8 Å². The van der Waals surface area contributed by atoms with Crippen molar-refractivity contribution in [3.63, 3.8) is 0 Å². The van der Waals surface area contributed by atoms with Crippen LogP contribution in [0.3, 0.4) is 0 Å². The van der Waals surface area contributed by atoms with Crippen LogP contribution in [0, 0.1) is 11.3 Å². The number of ether oxygens (including phenoxy) is 3. The molecule has 0 aliphatic heterocycles. The summed E-state index contributed by atoms with van der Waals surface area (Å²) in [6, 6.07) is 7.57. The first-order valence-electron chi connectivity index (χ1n) is 7.71. The molecule has 1 saturated carbocycles. The third-order valence-electron chi connectivity index (χ3n) is 5.16. The highest BCUT2D eigenvalue weighted by Gasteiger charge is 2.62. The third kappa shape index (κ3) is 2.08. The molecule has 1 aromatic rings. The van der Waals surface area contributed by atoms with Gasteiger partial charge in [0.2, 0.25) is 0 Å². The first kappa shape index (κ1) is 16.3. The predicted molar refractivity (Wildman–Crippen MR) is 87.5 cm³/mol. The molecule has 3 rings (SSSR count). The number of rotatable bonds is 4. The maximum Gasteiger partial charge on any atom is 0.323 e. The average molecular weight is 328 g/mol. The van der Waals surface area contributed by atoms with Gasteiger partial charge >= 0.3 is 5.97 Å². The van der Waals surface area contributed by atoms with Gasteiger partial charge in [-0.2, -0.15) is 0 Å². The van der Waals surface area contributed by atoms with Gasteiger partial charge in [0.25, 0.3) is 0 Å². The van der Waals surface area contributed by atoms with Gasteiger partial charge in [0.05, 0.1) is 21.3 Å². The van der Waals surface area contributed by atoms with Crippen LogP contribution in [0.1, 0.15) is 17.9 Å². The molecular weight excluding hydrogens is 308 g/mol. The fraction of sp³-hybridized carbons (Fsp3) is 0.368. The Labute approximate surface area is 140 Å². The summed E-state index contributed by atoms with van der Waals surface area (Å²) < 4.78 is 15.5. The number of hydrogen-bond acceptors (Lipinski definition) is 5. The number of hydrogen-bond donors (Lipinski definition) is 0. The smallest absolute Gasteiger partial charge is 0.323 e. The lowest BCUT2D eigenvalue weighted by molar-refractivity contribution is -0.154. The molecule has 1 fully saturated rings. The van der Waals surface area contributed by atoms with E-state index in [0.717, 1.165) is 11.3 Å². The second-order valence-electron chi connectivity index (χ2n) is 6.10. The largest absolute Gasteiger partial charge is 0.501 e. The molecule has 0 N–H and O–H groups in total. The Hall–Kier alpha value is -2.56. The fourth-order valence-electron chi connectivity index (χ4n) is 3.91. The second-order valence-corrected chi connectivity index (χ2v) is 6.10. The summed E-state index contributed by atoms with van der Waals surface area (Å²) >= 11 is 0. The number of esters is 1. The molecule has 1 unspecified atom stereocenters. The van der Waals surface area contributed by atoms with E-state index in [0.29, 0.717) is 17.8 Å². The molecule has 1 aromatic carbocycles. The van der Waals surface area contributed by atoms with E-state index in [4.69, 9.17) is 14.2 Å². The van der Waals surface area contributed by atoms with Gasteiger partial charge in [-0.15, -0.1) is 0 Å². The van der Waals surface area contributed by atoms with Crippen molar-refractivity contribution in [3.05, 3.63) is 53.8 Å². The van der Waals surface area contributed by atoms with Crippen LogP contribution in [0.15, 0.2) is 48.3 Å². The fourth-order valence-corrected chi connectivity index (χ4v) is 3.91. The Bertz CT molecular complexity index is 731. The van der Waals surface area contributed by atoms with Crippen LogP contribution in [0.2, 0.25) is 0 Å². The summed E-state index contributed by atoms with van der Waals surface area (Å²) in [6.45, 7) is 4.12. The van der Waals surface area contributed by atoms with Crippen LogP contribution in [0.4, 0.5) is 0 Å². The van der Waals surface area contributed by atoms with Gasteiger partial charge in [0.1, 0.15) is 11.5 Å². The number of carbonyl (C=O) groups excluding carboxylic acids is 2. The first-order valence-corrected chi connectivity index (χ1v) is 7.71. The standard InChI is InChI=1S/C19H20O5/c1-11-17(12-5-7-13(22-2)8-6-12)14-10-19(11,18(21)24-4)16(20)9-15(14)23-3/h5-9,14,17H,1,10H2,2-4H3/t14-,17?,19-/m1/s1. The van der Waals surface area contributed by atoms with Crippen molar-refractivity contribution in [2.24, 2.45) is 11.3 Å². The quantitative estimate of drug-likeness (QED) is 0.483. The first-order chi connectivity index (χ1) is 11.5. The number of benzene rings is 1. The van der Waals surface area contributed by atoms with Crippen molar-refractivity contribution < 1.29 is 23.8 Å². The van der Waals surface area contributed by atoms with E-state index < -0.39 is 11.4 Å². The zero-order valence-corrected chi connectivity index (χ0v) is 14.0. The molecule has 5 nitrogen and oxygen atoms in total. The average Bonchev–Trinajstić information content (AvgIpc) is 2.88. The van der Waals surface area contributed by atoms with Gasteiger partial charge in [-0.3, -0.25) is 9.59 Å². The van der Waals surface area contributed by atoms with Gasteiger partial charge in [-0.25, -0.2) is 0 Å². The summed E-state index contributed by atoms with van der Waals surface area (Å²) in [6.07, 6.45) is 1.74. The molecule has 126 valence electrons. The summed E-state index contributed by atoms with van der Waals surface area (Å²) in [7, 11) is 4.44. The zero-order chi connectivity index (χ0) is 17.5. The monoisotopic (exact) mass is 328 g/mol. The Balaban J connectivity index is 2.11. The molecule has 2 aliphatic carbocycles. The van der Waals surface area contributed by atoms with Crippen molar-refractivity contribution in [1.82, 2.24) is 0 Å². The molecule has 0 spiro atoms. The molecule has 0 saturated heterocycles. The number of carbonyl (C=O) groups is 2. The van der Waals surface area contributed by atoms with Crippen LogP contribution in [-0.4, -0.2) is 33.1 Å². The van der Waals surface area contributed by atoms with Crippen LogP contribution in [-0.2, 0) is 19.1 Å². The number of methoxy groups -OCH3 is 3. The van der Waals surface area contributed by atoms with Crippen molar-refractivity contribution in [2.75, 3.05) is 21.3 Å². The second kappa shape index (κ2) is 5.82. The number of ketones is 1. The van der Waals surface area contributed by atoms with Gasteiger partial charge in [0.15, 0.2) is 11.2 Å². The SMILES string of the molecule is C=C1C(c2ccc(OC)cc2)[C@@H]2C[C@]1(C(=O)OC)C(=O)C=C2OC. The van der Waals surface area contributed by atoms with Gasteiger partial charge < -0.3 is 14.2 Å². The Kier molecular flexibility index (Phi) is 3.95. The molecule has 5 heteroatoms. The van der Waals surface area contributed by atoms with E-state index in [1.807, 2.05) is 24.3 Å². The summed E-state index contributed by atoms with van der Waals surface area (Å²) in [4.78, 5) is 25.1. The van der Waals surface area contributed by atoms with Gasteiger partial charge in [-0.1, -0.05) is 18.7 Å². The molecular formula is C19H20O5. The maximum absolute atomic E-state index is 12.7. The van der Waals surface area contributed by atoms with Crippen LogP contribution >= 0.6 is 0 Å². The van der Waals surface area contributed by atoms with E-state index in [2.05, 4.69) is 6.58 Å². The van der Waals surface area contributed by atoms with Crippen LogP contribution < -0.4 is 4.74 Å². The Morgan fingerprint density at radius 2 is 1.83 bits per heavy atom. The number of allylic oxidation sites excluding steroid dienone is 2. The van der Waals surface area contributed by atoms with E-state index >= 15 is 0 Å². The highest BCUT2D eigenvalue weighted by atomic mass is 16.5. The summed E-state index contributed by atoms with van der Waals surface area (Å²) in [5, 5.41) is 0. The molecule has 2 bridgehead atoms. The lowest BCUT2D eigenvalue weighted by Gasteiger charge is -2.27. The van der Waals surface area contributed by atoms with Crippen molar-refractivity contribution in [1.29, 1.82) is 0 Å². The van der Waals surface area contributed by atoms with E-state index in [-0.39, 0.29) is 17.6 Å². The Morgan fingerprint density at radius 1 is 1.17 bits per heavy atom. The number of fused-ring (bicyclic) bond motifs is 2. The van der Waals surface area contributed by atoms with Crippen molar-refractivity contribution in [3.8, 4) is 5.75 Å². The highest BCUT2D eigenvalue weighted by Crippen LogP contribution is 2.59. The normalized spacial score (nSPS) is 28.4. The molecule has 0 radical (unpaired) electrons. The third-order valence-corrected chi connectivity index (χ3v) is 5.16. The molecule has 24 heavy (non-hydrogen) atoms. The van der Waals surface area contributed by atoms with Gasteiger partial charge in [0, 0.05) is 17.9 Å². The van der Waals surface area contributed by atoms with E-state index in [1.165, 1.54) is 20.3 Å². The minimum absolute atomic E-state index is 0.118. The lowest BCUT2D eigenvalue weighted by atomic mass is 9.75. The maximum atomic E-state index is 12.7. The summed E-state index contributed by atoms with van der Waals surface area (Å²) in [5.74, 6) is 0.152. The highest BCUT2D eigenvalue weighted by molar-refractivity contribution is 6.14. The van der Waals surface area contributed by atoms with Crippen molar-refractivity contribution >= 4 is 11.8 Å². The predicted octanol–water partition coefficient (Wildman–Crippen LogP) is 2.63. The lowest BCUT2D eigenvalue weighted by Crippen LogP contribution is -2.40. The molecule has 3 atom stereocenters. The molecule has 0 amide bonds. The molecule has 2 aliphatic rings. The van der Waals surface area contributed by atoms with E-state index in [9.17, 15) is 9.59 Å². The van der Waals surface area contributed by atoms with E-state index in [1.54, 1.807) is 7.11 Å². The molecule has 0 heterocycles. The molecule has 0 aromatic heterocycles. The summed E-state index contributed by atoms with van der Waals surface area (Å²) in [5.41, 5.74) is 0.221.